The highest BCUT2D eigenvalue weighted by atomic mass is 32.1. The van der Waals surface area contributed by atoms with Crippen molar-refractivity contribution in [2.45, 2.75) is 27.7 Å². The van der Waals surface area contributed by atoms with Crippen molar-refractivity contribution >= 4 is 16.5 Å². The van der Waals surface area contributed by atoms with Crippen LogP contribution in [-0.4, -0.2) is 12.0 Å². The molecule has 0 aliphatic rings. The summed E-state index contributed by atoms with van der Waals surface area (Å²) >= 11 is 1.69. The number of rotatable bonds is 1. The maximum atomic E-state index is 4.24. The SMILES string of the molecule is CC.CNc1nc(C)c(C)s1. The first kappa shape index (κ1) is 10.4. The van der Waals surface area contributed by atoms with Crippen molar-refractivity contribution in [1.29, 1.82) is 0 Å². The molecule has 1 heterocycles. The van der Waals surface area contributed by atoms with Crippen LogP contribution in [0.4, 0.5) is 5.13 Å². The van der Waals surface area contributed by atoms with Crippen molar-refractivity contribution in [2.75, 3.05) is 12.4 Å². The molecule has 0 amide bonds. The van der Waals surface area contributed by atoms with E-state index in [0.29, 0.717) is 0 Å². The summed E-state index contributed by atoms with van der Waals surface area (Å²) in [5.74, 6) is 0. The molecule has 0 aliphatic carbocycles. The van der Waals surface area contributed by atoms with E-state index >= 15 is 0 Å². The van der Waals surface area contributed by atoms with Crippen LogP contribution in [0, 0.1) is 13.8 Å². The molecule has 0 spiro atoms. The topological polar surface area (TPSA) is 24.9 Å². The Balaban J connectivity index is 0.000000461. The normalized spacial score (nSPS) is 8.45. The summed E-state index contributed by atoms with van der Waals surface area (Å²) in [6.07, 6.45) is 0. The molecule has 1 rings (SSSR count). The number of aromatic nitrogens is 1. The van der Waals surface area contributed by atoms with Crippen LogP contribution >= 0.6 is 11.3 Å². The van der Waals surface area contributed by atoms with Gasteiger partial charge in [0.15, 0.2) is 5.13 Å². The Morgan fingerprint density at radius 1 is 1.27 bits per heavy atom. The van der Waals surface area contributed by atoms with Gasteiger partial charge < -0.3 is 5.32 Å². The molecular weight excluding hydrogens is 156 g/mol. The van der Waals surface area contributed by atoms with Gasteiger partial charge in [-0.15, -0.1) is 11.3 Å². The predicted molar refractivity (Wildman–Crippen MR) is 52.5 cm³/mol. The van der Waals surface area contributed by atoms with Crippen LogP contribution in [0.2, 0.25) is 0 Å². The average Bonchev–Trinajstić information content (AvgIpc) is 2.36. The van der Waals surface area contributed by atoms with Gasteiger partial charge in [-0.1, -0.05) is 13.8 Å². The third kappa shape index (κ3) is 2.89. The number of nitrogens with one attached hydrogen (secondary N) is 1. The molecule has 0 unspecified atom stereocenters. The second-order valence-corrected chi connectivity index (χ2v) is 3.11. The fourth-order valence-electron chi connectivity index (χ4n) is 0.580. The third-order valence-corrected chi connectivity index (χ3v) is 2.33. The molecule has 2 nitrogen and oxygen atoms in total. The first-order valence-corrected chi connectivity index (χ1v) is 4.67. The fraction of sp³-hybridized carbons (Fsp3) is 0.625. The van der Waals surface area contributed by atoms with E-state index in [2.05, 4.69) is 17.2 Å². The highest BCUT2D eigenvalue weighted by molar-refractivity contribution is 7.15. The molecule has 11 heavy (non-hydrogen) atoms. The van der Waals surface area contributed by atoms with Gasteiger partial charge in [-0.05, 0) is 13.8 Å². The zero-order valence-electron chi connectivity index (χ0n) is 7.86. The van der Waals surface area contributed by atoms with E-state index in [-0.39, 0.29) is 0 Å². The van der Waals surface area contributed by atoms with Crippen molar-refractivity contribution in [1.82, 2.24) is 4.98 Å². The van der Waals surface area contributed by atoms with E-state index in [1.807, 2.05) is 27.8 Å². The monoisotopic (exact) mass is 172 g/mol. The molecule has 0 saturated heterocycles. The number of nitrogens with zero attached hydrogens (tertiary/aromatic N) is 1. The Bertz CT molecular complexity index is 186. The molecule has 1 aromatic rings. The van der Waals surface area contributed by atoms with E-state index < -0.39 is 0 Å². The molecule has 0 fully saturated rings. The van der Waals surface area contributed by atoms with Gasteiger partial charge in [-0.25, -0.2) is 4.98 Å². The van der Waals surface area contributed by atoms with Gasteiger partial charge >= 0.3 is 0 Å². The van der Waals surface area contributed by atoms with Crippen molar-refractivity contribution in [3.05, 3.63) is 10.6 Å². The summed E-state index contributed by atoms with van der Waals surface area (Å²) in [6, 6.07) is 0. The lowest BCUT2D eigenvalue weighted by atomic mass is 10.4. The van der Waals surface area contributed by atoms with Crippen molar-refractivity contribution in [2.24, 2.45) is 0 Å². The molecule has 3 heteroatoms. The second kappa shape index (κ2) is 5.13. The minimum atomic E-state index is 1.00. The largest absolute Gasteiger partial charge is 0.365 e. The summed E-state index contributed by atoms with van der Waals surface area (Å²) in [4.78, 5) is 5.53. The van der Waals surface area contributed by atoms with Gasteiger partial charge in [-0.2, -0.15) is 0 Å². The van der Waals surface area contributed by atoms with Gasteiger partial charge in [0, 0.05) is 11.9 Å². The Kier molecular flexibility index (Phi) is 4.86. The van der Waals surface area contributed by atoms with E-state index in [0.717, 1.165) is 10.8 Å². The fourth-order valence-corrected chi connectivity index (χ4v) is 1.35. The predicted octanol–water partition coefficient (Wildman–Crippen LogP) is 2.83. The number of anilines is 1. The van der Waals surface area contributed by atoms with Crippen LogP contribution in [0.15, 0.2) is 0 Å². The molecule has 0 bridgehead atoms. The summed E-state index contributed by atoms with van der Waals surface area (Å²) in [7, 11) is 1.89. The molecule has 1 aromatic heterocycles. The minimum Gasteiger partial charge on any atom is -0.365 e. The molecule has 0 atom stereocenters. The number of aryl methyl sites for hydroxylation is 2. The number of hydrogen-bond acceptors (Lipinski definition) is 3. The lowest BCUT2D eigenvalue weighted by molar-refractivity contribution is 1.22. The molecule has 0 aliphatic heterocycles. The molecule has 0 saturated carbocycles. The molecule has 0 aromatic carbocycles. The van der Waals surface area contributed by atoms with Crippen LogP contribution in [0.3, 0.4) is 0 Å². The summed E-state index contributed by atoms with van der Waals surface area (Å²) < 4.78 is 0. The van der Waals surface area contributed by atoms with Crippen LogP contribution in [0.1, 0.15) is 24.4 Å². The van der Waals surface area contributed by atoms with E-state index in [4.69, 9.17) is 0 Å². The van der Waals surface area contributed by atoms with E-state index in [1.54, 1.807) is 11.3 Å². The van der Waals surface area contributed by atoms with Gasteiger partial charge in [-0.3, -0.25) is 0 Å². The third-order valence-electron chi connectivity index (χ3n) is 1.24. The van der Waals surface area contributed by atoms with E-state index in [1.165, 1.54) is 4.88 Å². The average molecular weight is 172 g/mol. The van der Waals surface area contributed by atoms with Gasteiger partial charge in [0.25, 0.3) is 0 Å². The summed E-state index contributed by atoms with van der Waals surface area (Å²) in [5, 5.41) is 4.00. The van der Waals surface area contributed by atoms with Gasteiger partial charge in [0.05, 0.1) is 5.69 Å². The van der Waals surface area contributed by atoms with Crippen LogP contribution < -0.4 is 5.32 Å². The maximum Gasteiger partial charge on any atom is 0.182 e. The minimum absolute atomic E-state index is 1.00. The lowest BCUT2D eigenvalue weighted by Gasteiger charge is -1.85. The Morgan fingerprint density at radius 3 is 2.00 bits per heavy atom. The second-order valence-electron chi connectivity index (χ2n) is 1.91. The zero-order valence-corrected chi connectivity index (χ0v) is 8.67. The van der Waals surface area contributed by atoms with Crippen LogP contribution in [0.25, 0.3) is 0 Å². The first-order chi connectivity index (χ1) is 5.24. The molecule has 64 valence electrons. The number of thiazole rings is 1. The number of hydrogen-bond donors (Lipinski definition) is 1. The summed E-state index contributed by atoms with van der Waals surface area (Å²) in [5.41, 5.74) is 1.13. The van der Waals surface area contributed by atoms with Gasteiger partial charge in [0.2, 0.25) is 0 Å². The molecule has 1 N–H and O–H groups in total. The maximum absolute atomic E-state index is 4.24. The summed E-state index contributed by atoms with van der Waals surface area (Å²) in [6.45, 7) is 8.10. The molecular formula is C8H16N2S. The highest BCUT2D eigenvalue weighted by Crippen LogP contribution is 2.19. The Morgan fingerprint density at radius 2 is 1.82 bits per heavy atom. The van der Waals surface area contributed by atoms with E-state index in [9.17, 15) is 0 Å². The zero-order chi connectivity index (χ0) is 8.85. The lowest BCUT2D eigenvalue weighted by Crippen LogP contribution is -1.84. The van der Waals surface area contributed by atoms with Crippen molar-refractivity contribution in [3.8, 4) is 0 Å². The Labute approximate surface area is 72.7 Å². The standard InChI is InChI=1S/C6H10N2S.C2H6/c1-4-5(2)9-6(7-3)8-4;1-2/h1-3H3,(H,7,8);1-2H3. The smallest absolute Gasteiger partial charge is 0.182 e. The quantitative estimate of drug-likeness (QED) is 0.704. The highest BCUT2D eigenvalue weighted by Gasteiger charge is 1.98. The van der Waals surface area contributed by atoms with Crippen molar-refractivity contribution < 1.29 is 0 Å². The van der Waals surface area contributed by atoms with Crippen LogP contribution in [0.5, 0.6) is 0 Å². The van der Waals surface area contributed by atoms with Gasteiger partial charge in [0.1, 0.15) is 0 Å². The van der Waals surface area contributed by atoms with Crippen molar-refractivity contribution in [3.63, 3.8) is 0 Å². The van der Waals surface area contributed by atoms with Crippen LogP contribution in [-0.2, 0) is 0 Å². The molecule has 0 radical (unpaired) electrons. The first-order valence-electron chi connectivity index (χ1n) is 3.86. The Hall–Kier alpha value is -0.570.